The molecule has 0 saturated carbocycles. The van der Waals surface area contributed by atoms with Crippen molar-refractivity contribution >= 4 is 23.2 Å². The lowest BCUT2D eigenvalue weighted by Crippen LogP contribution is -2.17. The summed E-state index contributed by atoms with van der Waals surface area (Å²) in [6.45, 7) is 0.693. The smallest absolute Gasteiger partial charge is 0.287 e. The van der Waals surface area contributed by atoms with E-state index in [1.165, 1.54) is 36.5 Å². The van der Waals surface area contributed by atoms with E-state index < -0.39 is 23.3 Å². The summed E-state index contributed by atoms with van der Waals surface area (Å²) in [5.74, 6) is -4.10. The molecule has 0 aliphatic heterocycles. The maximum absolute atomic E-state index is 13.4. The van der Waals surface area contributed by atoms with Crippen molar-refractivity contribution in [1.29, 1.82) is 0 Å². The van der Waals surface area contributed by atoms with Gasteiger partial charge in [-0.1, -0.05) is 17.7 Å². The molecule has 0 bridgehead atoms. The third kappa shape index (κ3) is 4.98. The number of carbonyl (C=O) groups excluding carboxylic acids is 1. The van der Waals surface area contributed by atoms with E-state index in [2.05, 4.69) is 15.3 Å². The van der Waals surface area contributed by atoms with Crippen molar-refractivity contribution in [2.75, 3.05) is 5.32 Å². The molecule has 9 heteroatoms. The van der Waals surface area contributed by atoms with E-state index in [9.17, 15) is 18.0 Å². The number of benzene rings is 1. The zero-order valence-corrected chi connectivity index (χ0v) is 15.2. The van der Waals surface area contributed by atoms with Crippen LogP contribution in [0, 0.1) is 5.82 Å². The van der Waals surface area contributed by atoms with Crippen LogP contribution >= 0.6 is 11.6 Å². The molecule has 0 aliphatic rings. The van der Waals surface area contributed by atoms with Gasteiger partial charge in [-0.2, -0.15) is 8.78 Å². The maximum atomic E-state index is 13.4. The van der Waals surface area contributed by atoms with E-state index in [1.807, 2.05) is 0 Å². The van der Waals surface area contributed by atoms with Gasteiger partial charge in [-0.3, -0.25) is 9.78 Å². The molecule has 0 fully saturated rings. The number of hydrogen-bond donors (Lipinski definition) is 1. The van der Waals surface area contributed by atoms with Gasteiger partial charge in [-0.25, -0.2) is 9.37 Å². The molecule has 28 heavy (non-hydrogen) atoms. The molecule has 3 rings (SSSR count). The maximum Gasteiger partial charge on any atom is 0.287 e. The van der Waals surface area contributed by atoms with Crippen molar-refractivity contribution in [2.45, 2.75) is 12.8 Å². The Kier molecular flexibility index (Phi) is 5.51. The summed E-state index contributed by atoms with van der Waals surface area (Å²) in [7, 11) is 0. The fraction of sp³-hybridized carbons (Fsp3) is 0.105. The number of halogens is 4. The normalized spacial score (nSPS) is 11.2. The van der Waals surface area contributed by atoms with E-state index in [-0.39, 0.29) is 27.9 Å². The Morgan fingerprint density at radius 1 is 1.14 bits per heavy atom. The van der Waals surface area contributed by atoms with Crippen LogP contribution in [-0.4, -0.2) is 15.9 Å². The summed E-state index contributed by atoms with van der Waals surface area (Å²) in [6.07, 6.45) is 2.33. The van der Waals surface area contributed by atoms with Gasteiger partial charge in [0, 0.05) is 29.8 Å². The Morgan fingerprint density at radius 2 is 1.93 bits per heavy atom. The lowest BCUT2D eigenvalue weighted by molar-refractivity contribution is 0.0126. The van der Waals surface area contributed by atoms with Crippen molar-refractivity contribution in [3.05, 3.63) is 77.1 Å². The van der Waals surface area contributed by atoms with E-state index in [4.69, 9.17) is 16.3 Å². The first kappa shape index (κ1) is 19.6. The van der Waals surface area contributed by atoms with Crippen LogP contribution in [0.1, 0.15) is 23.1 Å². The Hall–Kier alpha value is -3.13. The Morgan fingerprint density at radius 3 is 2.64 bits per heavy atom. The highest BCUT2D eigenvalue weighted by atomic mass is 35.5. The van der Waals surface area contributed by atoms with E-state index in [0.29, 0.717) is 6.92 Å². The number of alkyl halides is 2. The number of ether oxygens (including phenoxy) is 1. The molecule has 1 amide bonds. The van der Waals surface area contributed by atoms with Gasteiger partial charge >= 0.3 is 0 Å². The second-order valence-electron chi connectivity index (χ2n) is 5.87. The van der Waals surface area contributed by atoms with Gasteiger partial charge in [0.05, 0.1) is 12.4 Å². The molecule has 3 aromatic rings. The zero-order valence-electron chi connectivity index (χ0n) is 14.4. The first-order valence-corrected chi connectivity index (χ1v) is 8.34. The minimum atomic E-state index is -3.17. The SMILES string of the molecule is CC(F)(F)c1cccc(C(=O)Nc2cc(Cl)cc(Oc3cncc(F)c3)c2)n1. The highest BCUT2D eigenvalue weighted by molar-refractivity contribution is 6.31. The Bertz CT molecular complexity index is 1030. The van der Waals surface area contributed by atoms with Gasteiger partial charge in [0.2, 0.25) is 0 Å². The highest BCUT2D eigenvalue weighted by Crippen LogP contribution is 2.29. The quantitative estimate of drug-likeness (QED) is 0.613. The summed E-state index contributed by atoms with van der Waals surface area (Å²) in [4.78, 5) is 19.7. The summed E-state index contributed by atoms with van der Waals surface area (Å²) in [6, 6.07) is 9.23. The second kappa shape index (κ2) is 7.85. The number of nitrogens with zero attached hydrogens (tertiary/aromatic N) is 2. The average Bonchev–Trinajstić information content (AvgIpc) is 2.60. The molecule has 0 radical (unpaired) electrons. The minimum Gasteiger partial charge on any atom is -0.456 e. The summed E-state index contributed by atoms with van der Waals surface area (Å²) >= 11 is 6.03. The first-order valence-electron chi connectivity index (χ1n) is 7.96. The molecule has 0 aliphatic carbocycles. The number of rotatable bonds is 5. The van der Waals surface area contributed by atoms with Gasteiger partial charge in [-0.05, 0) is 24.3 Å². The van der Waals surface area contributed by atoms with Crippen molar-refractivity contribution in [3.63, 3.8) is 0 Å². The van der Waals surface area contributed by atoms with Crippen LogP contribution < -0.4 is 10.1 Å². The molecular formula is C19H13ClF3N3O2. The first-order chi connectivity index (χ1) is 13.2. The molecule has 5 nitrogen and oxygen atoms in total. The third-order valence-electron chi connectivity index (χ3n) is 3.48. The fourth-order valence-electron chi connectivity index (χ4n) is 2.28. The van der Waals surface area contributed by atoms with E-state index in [1.54, 1.807) is 0 Å². The predicted molar refractivity (Wildman–Crippen MR) is 97.5 cm³/mol. The number of carbonyl (C=O) groups is 1. The molecule has 1 aromatic carbocycles. The van der Waals surface area contributed by atoms with Crippen molar-refractivity contribution in [3.8, 4) is 11.5 Å². The average molecular weight is 408 g/mol. The topological polar surface area (TPSA) is 64.1 Å². The highest BCUT2D eigenvalue weighted by Gasteiger charge is 2.27. The molecule has 0 saturated heterocycles. The molecule has 144 valence electrons. The lowest BCUT2D eigenvalue weighted by Gasteiger charge is -2.12. The molecule has 0 spiro atoms. The monoisotopic (exact) mass is 407 g/mol. The van der Waals surface area contributed by atoms with Gasteiger partial charge in [0.1, 0.15) is 28.7 Å². The molecule has 1 N–H and O–H groups in total. The van der Waals surface area contributed by atoms with Gasteiger partial charge < -0.3 is 10.1 Å². The van der Waals surface area contributed by atoms with Crippen LogP contribution in [0.3, 0.4) is 0 Å². The van der Waals surface area contributed by atoms with Crippen LogP contribution in [0.2, 0.25) is 5.02 Å². The van der Waals surface area contributed by atoms with Gasteiger partial charge in [0.25, 0.3) is 11.8 Å². The summed E-state index contributed by atoms with van der Waals surface area (Å²) < 4.78 is 45.5. The van der Waals surface area contributed by atoms with Crippen molar-refractivity contribution in [2.24, 2.45) is 0 Å². The number of pyridine rings is 2. The standard InChI is InChI=1S/C19H13ClF3N3O2/c1-19(22,23)17-4-2-3-16(26-17)18(27)25-13-5-11(20)6-14(8-13)28-15-7-12(21)9-24-10-15/h2-10H,1H3,(H,25,27). The van der Waals surface area contributed by atoms with E-state index in [0.717, 1.165) is 18.3 Å². The molecule has 0 atom stereocenters. The second-order valence-corrected chi connectivity index (χ2v) is 6.30. The number of aromatic nitrogens is 2. The summed E-state index contributed by atoms with van der Waals surface area (Å²) in [5.41, 5.74) is -0.461. The van der Waals surface area contributed by atoms with Crippen LogP contribution in [0.5, 0.6) is 11.5 Å². The van der Waals surface area contributed by atoms with Gasteiger partial charge in [0.15, 0.2) is 0 Å². The zero-order chi connectivity index (χ0) is 20.3. The number of amides is 1. The molecule has 2 aromatic heterocycles. The molecular weight excluding hydrogens is 395 g/mol. The third-order valence-corrected chi connectivity index (χ3v) is 3.69. The fourth-order valence-corrected chi connectivity index (χ4v) is 2.50. The van der Waals surface area contributed by atoms with Gasteiger partial charge in [-0.15, -0.1) is 0 Å². The van der Waals surface area contributed by atoms with Crippen LogP contribution in [-0.2, 0) is 5.92 Å². The minimum absolute atomic E-state index is 0.138. The Labute approximate surface area is 163 Å². The number of hydrogen-bond acceptors (Lipinski definition) is 4. The number of nitrogens with one attached hydrogen (secondary N) is 1. The molecule has 0 unspecified atom stereocenters. The van der Waals surface area contributed by atoms with Crippen LogP contribution in [0.15, 0.2) is 54.9 Å². The van der Waals surface area contributed by atoms with Crippen molar-refractivity contribution in [1.82, 2.24) is 9.97 Å². The molecule has 2 heterocycles. The Balaban J connectivity index is 1.81. The van der Waals surface area contributed by atoms with Crippen molar-refractivity contribution < 1.29 is 22.7 Å². The van der Waals surface area contributed by atoms with E-state index >= 15 is 0 Å². The predicted octanol–water partition coefficient (Wildman–Crippen LogP) is 5.43. The van der Waals surface area contributed by atoms with Crippen LogP contribution in [0.4, 0.5) is 18.9 Å². The van der Waals surface area contributed by atoms with Crippen LogP contribution in [0.25, 0.3) is 0 Å². The number of anilines is 1. The largest absolute Gasteiger partial charge is 0.456 e. The lowest BCUT2D eigenvalue weighted by atomic mass is 10.2. The summed E-state index contributed by atoms with van der Waals surface area (Å²) in [5, 5.41) is 2.75.